The molecule has 0 spiro atoms. The monoisotopic (exact) mass is 175 g/mol. The third-order valence-corrected chi connectivity index (χ3v) is 1.93. The summed E-state index contributed by atoms with van der Waals surface area (Å²) in [7, 11) is 0. The van der Waals surface area contributed by atoms with Gasteiger partial charge in [-0.1, -0.05) is 24.3 Å². The van der Waals surface area contributed by atoms with E-state index in [0.29, 0.717) is 0 Å². The Hall–Kier alpha value is -1.44. The van der Waals surface area contributed by atoms with E-state index in [9.17, 15) is 4.79 Å². The first-order chi connectivity index (χ1) is 6.36. The van der Waals surface area contributed by atoms with Crippen LogP contribution in [-0.4, -0.2) is 12.5 Å². The highest BCUT2D eigenvalue weighted by molar-refractivity contribution is 5.74. The summed E-state index contributed by atoms with van der Waals surface area (Å²) in [6.07, 6.45) is 5.09. The Bertz CT molecular complexity index is 277. The zero-order chi connectivity index (χ0) is 9.52. The molecule has 0 saturated carbocycles. The van der Waals surface area contributed by atoms with Crippen LogP contribution in [0.2, 0.25) is 0 Å². The fourth-order valence-electron chi connectivity index (χ4n) is 1.17. The lowest BCUT2D eigenvalue weighted by molar-refractivity contribution is 0.112. The Morgan fingerprint density at radius 3 is 2.46 bits per heavy atom. The Balaban J connectivity index is 2.48. The molecule has 0 radical (unpaired) electrons. The van der Waals surface area contributed by atoms with E-state index in [1.807, 2.05) is 24.3 Å². The summed E-state index contributed by atoms with van der Waals surface area (Å²) in [5.41, 5.74) is 1.95. The van der Waals surface area contributed by atoms with E-state index in [-0.39, 0.29) is 0 Å². The summed E-state index contributed by atoms with van der Waals surface area (Å²) >= 11 is 0. The van der Waals surface area contributed by atoms with Gasteiger partial charge in [0.2, 0.25) is 0 Å². The molecule has 0 aliphatic rings. The maximum atomic E-state index is 10.3. The zero-order valence-corrected chi connectivity index (χ0v) is 7.49. The van der Waals surface area contributed by atoms with Crippen molar-refractivity contribution in [2.45, 2.75) is 19.3 Å². The highest BCUT2D eigenvalue weighted by atomic mass is 16.1. The van der Waals surface area contributed by atoms with Gasteiger partial charge in [-0.2, -0.15) is 0 Å². The van der Waals surface area contributed by atoms with Crippen molar-refractivity contribution in [2.75, 3.05) is 0 Å². The number of rotatable bonds is 5. The molecule has 1 rings (SSSR count). The summed E-state index contributed by atoms with van der Waals surface area (Å²) in [4.78, 5) is 10.3. The van der Waals surface area contributed by atoms with Crippen molar-refractivity contribution >= 4 is 12.5 Å². The lowest BCUT2D eigenvalue weighted by Gasteiger charge is -1.98. The van der Waals surface area contributed by atoms with Crippen LogP contribution < -0.4 is 0 Å². The van der Waals surface area contributed by atoms with Crippen LogP contribution in [0.4, 0.5) is 0 Å². The lowest BCUT2D eigenvalue weighted by Crippen LogP contribution is -1.87. The summed E-state index contributed by atoms with van der Waals surface area (Å²) in [6.45, 7) is 0. The molecule has 1 N–H and O–H groups in total. The van der Waals surface area contributed by atoms with E-state index in [0.717, 1.165) is 31.1 Å². The van der Waals surface area contributed by atoms with Crippen LogP contribution in [0, 0.1) is 5.41 Å². The van der Waals surface area contributed by atoms with Gasteiger partial charge in [0.25, 0.3) is 0 Å². The van der Waals surface area contributed by atoms with E-state index >= 15 is 0 Å². The van der Waals surface area contributed by atoms with Crippen LogP contribution in [0.15, 0.2) is 24.3 Å². The van der Waals surface area contributed by atoms with Crippen LogP contribution in [0.25, 0.3) is 0 Å². The molecule has 0 aromatic heterocycles. The van der Waals surface area contributed by atoms with E-state index in [1.165, 1.54) is 11.8 Å². The first-order valence-corrected chi connectivity index (χ1v) is 4.40. The molecule has 0 unspecified atom stereocenters. The van der Waals surface area contributed by atoms with E-state index in [2.05, 4.69) is 0 Å². The Morgan fingerprint density at radius 2 is 1.92 bits per heavy atom. The van der Waals surface area contributed by atoms with Crippen molar-refractivity contribution in [3.63, 3.8) is 0 Å². The summed E-state index contributed by atoms with van der Waals surface area (Å²) in [5, 5.41) is 6.86. The highest BCUT2D eigenvalue weighted by Crippen LogP contribution is 2.05. The summed E-state index contributed by atoms with van der Waals surface area (Å²) in [6, 6.07) is 7.58. The second-order valence-electron chi connectivity index (χ2n) is 2.96. The Kier molecular flexibility index (Phi) is 3.89. The van der Waals surface area contributed by atoms with Gasteiger partial charge in [0, 0.05) is 5.56 Å². The molecule has 2 heteroatoms. The third-order valence-electron chi connectivity index (χ3n) is 1.93. The summed E-state index contributed by atoms with van der Waals surface area (Å²) < 4.78 is 0. The minimum Gasteiger partial charge on any atom is -0.313 e. The fourth-order valence-corrected chi connectivity index (χ4v) is 1.17. The van der Waals surface area contributed by atoms with Gasteiger partial charge in [0.15, 0.2) is 0 Å². The Morgan fingerprint density at radius 1 is 1.23 bits per heavy atom. The number of aryl methyl sites for hydroxylation is 1. The van der Waals surface area contributed by atoms with Crippen molar-refractivity contribution in [3.8, 4) is 0 Å². The van der Waals surface area contributed by atoms with Crippen molar-refractivity contribution in [3.05, 3.63) is 35.4 Å². The van der Waals surface area contributed by atoms with Gasteiger partial charge in [-0.15, -0.1) is 0 Å². The third kappa shape index (κ3) is 3.20. The smallest absolute Gasteiger partial charge is 0.150 e. The number of carbonyl (C=O) groups excluding carboxylic acids is 1. The predicted octanol–water partition coefficient (Wildman–Crippen LogP) is 2.47. The van der Waals surface area contributed by atoms with E-state index < -0.39 is 0 Å². The van der Waals surface area contributed by atoms with Crippen LogP contribution in [0.5, 0.6) is 0 Å². The number of nitrogens with one attached hydrogen (secondary N) is 1. The molecule has 0 aliphatic carbocycles. The van der Waals surface area contributed by atoms with Crippen LogP contribution in [0.3, 0.4) is 0 Å². The quantitative estimate of drug-likeness (QED) is 0.417. The number of carbonyl (C=O) groups is 1. The minimum absolute atomic E-state index is 0.718. The average molecular weight is 175 g/mol. The van der Waals surface area contributed by atoms with Gasteiger partial charge < -0.3 is 5.41 Å². The van der Waals surface area contributed by atoms with Crippen LogP contribution in [-0.2, 0) is 6.42 Å². The van der Waals surface area contributed by atoms with Gasteiger partial charge in [-0.25, -0.2) is 0 Å². The zero-order valence-electron chi connectivity index (χ0n) is 7.49. The van der Waals surface area contributed by atoms with Crippen molar-refractivity contribution < 1.29 is 4.79 Å². The second kappa shape index (κ2) is 5.25. The molecule has 0 bridgehead atoms. The molecule has 68 valence electrons. The Labute approximate surface area is 78.1 Å². The number of aldehydes is 1. The van der Waals surface area contributed by atoms with Gasteiger partial charge in [0.1, 0.15) is 6.29 Å². The maximum absolute atomic E-state index is 10.3. The van der Waals surface area contributed by atoms with E-state index in [1.54, 1.807) is 0 Å². The van der Waals surface area contributed by atoms with Gasteiger partial charge in [-0.05, 0) is 31.0 Å². The van der Waals surface area contributed by atoms with Gasteiger partial charge in [0.05, 0.1) is 0 Å². The second-order valence-corrected chi connectivity index (χ2v) is 2.96. The molecule has 0 amide bonds. The highest BCUT2D eigenvalue weighted by Gasteiger charge is 1.93. The minimum atomic E-state index is 0.718. The molecule has 1 aromatic carbocycles. The topological polar surface area (TPSA) is 40.9 Å². The number of hydrogen-bond donors (Lipinski definition) is 1. The molecular weight excluding hydrogens is 162 g/mol. The molecule has 13 heavy (non-hydrogen) atoms. The first-order valence-electron chi connectivity index (χ1n) is 4.40. The van der Waals surface area contributed by atoms with Crippen LogP contribution >= 0.6 is 0 Å². The molecule has 0 aliphatic heterocycles. The molecular formula is C11H13NO. The normalized spacial score (nSPS) is 9.54. The largest absolute Gasteiger partial charge is 0.313 e. The molecule has 2 nitrogen and oxygen atoms in total. The van der Waals surface area contributed by atoms with Crippen molar-refractivity contribution in [1.82, 2.24) is 0 Å². The average Bonchev–Trinajstić information content (AvgIpc) is 2.19. The summed E-state index contributed by atoms with van der Waals surface area (Å²) in [5.74, 6) is 0. The SMILES string of the molecule is N=CCCCc1ccc(C=O)cc1. The van der Waals surface area contributed by atoms with Gasteiger partial charge in [-0.3, -0.25) is 4.79 Å². The van der Waals surface area contributed by atoms with Gasteiger partial charge >= 0.3 is 0 Å². The lowest BCUT2D eigenvalue weighted by atomic mass is 10.1. The standard InChI is InChI=1S/C11H13NO/c12-8-2-1-3-10-4-6-11(9-13)7-5-10/h4-9,12H,1-3H2. The fraction of sp³-hybridized carbons (Fsp3) is 0.273. The first kappa shape index (κ1) is 9.65. The molecule has 1 aromatic rings. The molecule has 0 fully saturated rings. The molecule has 0 saturated heterocycles. The van der Waals surface area contributed by atoms with E-state index in [4.69, 9.17) is 5.41 Å². The maximum Gasteiger partial charge on any atom is 0.150 e. The predicted molar refractivity (Wildman–Crippen MR) is 53.6 cm³/mol. The molecule has 0 heterocycles. The number of hydrogen-bond acceptors (Lipinski definition) is 2. The number of unbranched alkanes of at least 4 members (excludes halogenated alkanes) is 1. The van der Waals surface area contributed by atoms with Crippen molar-refractivity contribution in [1.29, 1.82) is 5.41 Å². The molecule has 0 atom stereocenters. The number of benzene rings is 1. The van der Waals surface area contributed by atoms with Crippen molar-refractivity contribution in [2.24, 2.45) is 0 Å². The van der Waals surface area contributed by atoms with Crippen LogP contribution in [0.1, 0.15) is 28.8 Å².